The number of nitrogens with two attached hydrogens (primary N) is 3. The largest absolute Gasteiger partial charge is 0.343 e. The number of rotatable bonds is 13. The van der Waals surface area contributed by atoms with Crippen LogP contribution in [0, 0.1) is 0 Å². The lowest BCUT2D eigenvalue weighted by atomic mass is 10.0. The molecule has 0 fully saturated rings. The zero-order valence-electron chi connectivity index (χ0n) is 19.4. The Hall–Kier alpha value is -2.69. The van der Waals surface area contributed by atoms with E-state index in [0.29, 0.717) is 36.6 Å². The summed E-state index contributed by atoms with van der Waals surface area (Å²) in [5, 5.41) is 6.07. The van der Waals surface area contributed by atoms with Crippen LogP contribution in [0.3, 0.4) is 0 Å². The zero-order valence-corrected chi connectivity index (χ0v) is 20.9. The molecule has 8 N–H and O–H groups in total. The van der Waals surface area contributed by atoms with Crippen molar-refractivity contribution in [1.82, 2.24) is 10.2 Å². The van der Waals surface area contributed by atoms with Gasteiger partial charge in [0.1, 0.15) is 6.04 Å². The lowest BCUT2D eigenvalue weighted by Crippen LogP contribution is -2.52. The van der Waals surface area contributed by atoms with Crippen LogP contribution in [0.25, 0.3) is 0 Å². The molecule has 9 nitrogen and oxygen atoms in total. The van der Waals surface area contributed by atoms with Gasteiger partial charge in [0.15, 0.2) is 0 Å². The third-order valence-electron chi connectivity index (χ3n) is 5.27. The number of carbonyl (C=O) groups is 3. The Labute approximate surface area is 215 Å². The fourth-order valence-corrected chi connectivity index (χ4v) is 3.69. The second kappa shape index (κ2) is 14.7. The minimum absolute atomic E-state index is 0.231. The molecule has 0 spiro atoms. The first-order valence-electron chi connectivity index (χ1n) is 11.3. The maximum Gasteiger partial charge on any atom is 0.246 e. The van der Waals surface area contributed by atoms with Crippen LogP contribution in [0.2, 0.25) is 10.0 Å². The summed E-state index contributed by atoms with van der Waals surface area (Å²) in [6, 6.07) is 12.2. The molecule has 0 saturated carbocycles. The molecule has 35 heavy (non-hydrogen) atoms. The van der Waals surface area contributed by atoms with Crippen molar-refractivity contribution < 1.29 is 14.4 Å². The van der Waals surface area contributed by atoms with Crippen molar-refractivity contribution in [1.29, 1.82) is 0 Å². The third kappa shape index (κ3) is 9.46. The average Bonchev–Trinajstić information content (AvgIpc) is 2.84. The minimum atomic E-state index is -1.14. The number of hydrogen-bond donors (Lipinski definition) is 5. The van der Waals surface area contributed by atoms with Gasteiger partial charge in [-0.2, -0.15) is 0 Å². The van der Waals surface area contributed by atoms with Gasteiger partial charge >= 0.3 is 0 Å². The lowest BCUT2D eigenvalue weighted by Gasteiger charge is -2.24. The molecule has 2 atom stereocenters. The van der Waals surface area contributed by atoms with E-state index in [-0.39, 0.29) is 30.4 Å². The van der Waals surface area contributed by atoms with Gasteiger partial charge < -0.3 is 32.7 Å². The predicted molar refractivity (Wildman–Crippen MR) is 139 cm³/mol. The summed E-state index contributed by atoms with van der Waals surface area (Å²) >= 11 is 12.0. The molecule has 0 radical (unpaired) electrons. The summed E-state index contributed by atoms with van der Waals surface area (Å²) in [7, 11) is 0. The number of hydrogen-bond acceptors (Lipinski definition) is 6. The van der Waals surface area contributed by atoms with Crippen LogP contribution in [0.15, 0.2) is 48.5 Å². The van der Waals surface area contributed by atoms with Crippen molar-refractivity contribution in [2.24, 2.45) is 17.2 Å². The van der Waals surface area contributed by atoms with Crippen LogP contribution < -0.4 is 27.8 Å². The van der Waals surface area contributed by atoms with E-state index in [2.05, 4.69) is 10.6 Å². The summed E-state index contributed by atoms with van der Waals surface area (Å²) in [4.78, 5) is 39.9. The van der Waals surface area contributed by atoms with Gasteiger partial charge in [0.25, 0.3) is 0 Å². The van der Waals surface area contributed by atoms with Gasteiger partial charge in [-0.15, -0.1) is 0 Å². The van der Waals surface area contributed by atoms with Crippen molar-refractivity contribution in [3.05, 3.63) is 64.1 Å². The molecule has 11 heteroatoms. The Morgan fingerprint density at radius 3 is 2.17 bits per heavy atom. The van der Waals surface area contributed by atoms with E-state index in [1.54, 1.807) is 12.1 Å². The molecule has 0 bridgehead atoms. The highest BCUT2D eigenvalue weighted by atomic mass is 35.5. The number of carbonyl (C=O) groups excluding carboxylic acids is 3. The monoisotopic (exact) mass is 522 g/mol. The molecular formula is C24H32Cl2N6O3. The van der Waals surface area contributed by atoms with Crippen LogP contribution in [-0.4, -0.2) is 60.9 Å². The fraction of sp³-hybridized carbons (Fsp3) is 0.375. The van der Waals surface area contributed by atoms with Gasteiger partial charge in [0.2, 0.25) is 17.7 Å². The van der Waals surface area contributed by atoms with E-state index in [1.165, 1.54) is 11.0 Å². The van der Waals surface area contributed by atoms with E-state index < -0.39 is 23.9 Å². The maximum atomic E-state index is 13.0. The van der Waals surface area contributed by atoms with Gasteiger partial charge in [0, 0.05) is 31.9 Å². The number of halogens is 2. The van der Waals surface area contributed by atoms with Crippen molar-refractivity contribution in [3.8, 4) is 0 Å². The second-order valence-electron chi connectivity index (χ2n) is 7.97. The van der Waals surface area contributed by atoms with Crippen molar-refractivity contribution in [3.63, 3.8) is 0 Å². The lowest BCUT2D eigenvalue weighted by molar-refractivity contribution is -0.134. The Morgan fingerprint density at radius 2 is 1.57 bits per heavy atom. The van der Waals surface area contributed by atoms with E-state index in [0.717, 1.165) is 5.56 Å². The Bertz CT molecular complexity index is 986. The van der Waals surface area contributed by atoms with Crippen molar-refractivity contribution >= 4 is 46.6 Å². The van der Waals surface area contributed by atoms with Crippen molar-refractivity contribution in [2.75, 3.05) is 31.5 Å². The van der Waals surface area contributed by atoms with Gasteiger partial charge in [-0.25, -0.2) is 0 Å². The highest BCUT2D eigenvalue weighted by molar-refractivity contribution is 6.42. The molecule has 2 aromatic rings. The van der Waals surface area contributed by atoms with E-state index in [1.807, 2.05) is 30.3 Å². The molecule has 2 aromatic carbocycles. The number of nitrogens with zero attached hydrogens (tertiary/aromatic N) is 1. The topological polar surface area (TPSA) is 157 Å². The number of anilines is 1. The predicted octanol–water partition coefficient (Wildman–Crippen LogP) is 1.51. The standard InChI is InChI=1S/C24H32Cl2N6O3/c25-18-8-7-17(14-19(18)26)30-24(35)21(9-6-16-4-2-1-3-5-16)31-23(34)20(29)15-22(33)32(12-10-27)13-11-28/h1-5,7-8,14,20-21H,6,9-13,15,27-29H2,(H,30,35)(H,31,34)/t20-,21-/m0/s1. The third-order valence-corrected chi connectivity index (χ3v) is 6.01. The first-order chi connectivity index (χ1) is 16.7. The highest BCUT2D eigenvalue weighted by Crippen LogP contribution is 2.25. The Kier molecular flexibility index (Phi) is 11.9. The molecule has 190 valence electrons. The van der Waals surface area contributed by atoms with E-state index in [4.69, 9.17) is 40.4 Å². The van der Waals surface area contributed by atoms with Crippen molar-refractivity contribution in [2.45, 2.75) is 31.3 Å². The smallest absolute Gasteiger partial charge is 0.246 e. The maximum absolute atomic E-state index is 13.0. The molecule has 0 heterocycles. The van der Waals surface area contributed by atoms with Crippen LogP contribution in [0.5, 0.6) is 0 Å². The van der Waals surface area contributed by atoms with Gasteiger partial charge in [-0.05, 0) is 36.6 Å². The quantitative estimate of drug-likeness (QED) is 0.268. The summed E-state index contributed by atoms with van der Waals surface area (Å²) in [6.45, 7) is 1.17. The summed E-state index contributed by atoms with van der Waals surface area (Å²) < 4.78 is 0. The molecule has 0 aliphatic rings. The second-order valence-corrected chi connectivity index (χ2v) is 8.79. The molecule has 0 aliphatic carbocycles. The molecular weight excluding hydrogens is 491 g/mol. The van der Waals surface area contributed by atoms with Crippen LogP contribution >= 0.6 is 23.2 Å². The number of nitrogens with one attached hydrogen (secondary N) is 2. The van der Waals surface area contributed by atoms with E-state index in [9.17, 15) is 14.4 Å². The Morgan fingerprint density at radius 1 is 0.914 bits per heavy atom. The summed E-state index contributed by atoms with van der Waals surface area (Å²) in [5.74, 6) is -1.38. The van der Waals surface area contributed by atoms with Gasteiger partial charge in [0.05, 0.1) is 22.5 Å². The van der Waals surface area contributed by atoms with Crippen LogP contribution in [-0.2, 0) is 20.8 Å². The summed E-state index contributed by atoms with van der Waals surface area (Å²) in [6.07, 6.45) is 0.622. The first-order valence-corrected chi connectivity index (χ1v) is 12.0. The molecule has 0 saturated heterocycles. The number of amides is 3. The zero-order chi connectivity index (χ0) is 25.8. The average molecular weight is 523 g/mol. The van der Waals surface area contributed by atoms with E-state index >= 15 is 0 Å². The SMILES string of the molecule is NCCN(CCN)C(=O)C[C@H](N)C(=O)N[C@@H](CCc1ccccc1)C(=O)Nc1ccc(Cl)c(Cl)c1. The molecule has 2 rings (SSSR count). The highest BCUT2D eigenvalue weighted by Gasteiger charge is 2.26. The van der Waals surface area contributed by atoms with Gasteiger partial charge in [-0.1, -0.05) is 53.5 Å². The number of aryl methyl sites for hydroxylation is 1. The molecule has 0 aromatic heterocycles. The summed E-state index contributed by atoms with van der Waals surface area (Å²) in [5.41, 5.74) is 18.5. The minimum Gasteiger partial charge on any atom is -0.343 e. The first kappa shape index (κ1) is 28.5. The fourth-order valence-electron chi connectivity index (χ4n) is 3.39. The van der Waals surface area contributed by atoms with Crippen LogP contribution in [0.4, 0.5) is 5.69 Å². The molecule has 3 amide bonds. The number of benzene rings is 2. The molecule has 0 unspecified atom stereocenters. The van der Waals surface area contributed by atoms with Gasteiger partial charge in [-0.3, -0.25) is 14.4 Å². The normalized spacial score (nSPS) is 12.5. The molecule has 0 aliphatic heterocycles. The van der Waals surface area contributed by atoms with Crippen LogP contribution in [0.1, 0.15) is 18.4 Å². The Balaban J connectivity index is 2.09.